The first kappa shape index (κ1) is 14.8. The fraction of sp³-hybridized carbons (Fsp3) is 1.00. The van der Waals surface area contributed by atoms with Crippen LogP contribution >= 0.6 is 0 Å². The molecule has 4 atom stereocenters. The van der Waals surface area contributed by atoms with Gasteiger partial charge in [0.25, 0.3) is 0 Å². The lowest BCUT2D eigenvalue weighted by Crippen LogP contribution is -2.51. The quantitative estimate of drug-likeness (QED) is 0.595. The maximum Gasteiger partial charge on any atom is 0.392 e. The van der Waals surface area contributed by atoms with E-state index in [1.807, 2.05) is 13.8 Å². The molecule has 5 heteroatoms. The molecule has 0 aromatic carbocycles. The van der Waals surface area contributed by atoms with Crippen LogP contribution in [0.2, 0.25) is 0 Å². The van der Waals surface area contributed by atoms with E-state index in [0.717, 1.165) is 12.8 Å². The second-order valence-electron chi connectivity index (χ2n) is 5.17. The van der Waals surface area contributed by atoms with Crippen LogP contribution in [0.15, 0.2) is 0 Å². The third-order valence-corrected chi connectivity index (χ3v) is 4.15. The molecular formula is C12H23F3N2. The maximum atomic E-state index is 13.0. The Morgan fingerprint density at radius 1 is 1.29 bits per heavy atom. The van der Waals surface area contributed by atoms with Gasteiger partial charge in [-0.2, -0.15) is 13.2 Å². The van der Waals surface area contributed by atoms with Crippen LogP contribution in [0.4, 0.5) is 13.2 Å². The highest BCUT2D eigenvalue weighted by Gasteiger charge is 2.48. The summed E-state index contributed by atoms with van der Waals surface area (Å²) in [6.45, 7) is 3.95. The SMILES string of the molecule is CCC(C)C(NN)C1CCCCC1C(F)(F)F. The molecule has 3 N–H and O–H groups in total. The van der Waals surface area contributed by atoms with Crippen molar-refractivity contribution in [3.05, 3.63) is 0 Å². The van der Waals surface area contributed by atoms with Gasteiger partial charge in [-0.1, -0.05) is 33.1 Å². The number of hydrazine groups is 1. The van der Waals surface area contributed by atoms with E-state index in [4.69, 9.17) is 5.84 Å². The van der Waals surface area contributed by atoms with Gasteiger partial charge >= 0.3 is 6.18 Å². The highest BCUT2D eigenvalue weighted by Crippen LogP contribution is 2.44. The monoisotopic (exact) mass is 252 g/mol. The second kappa shape index (κ2) is 6.05. The summed E-state index contributed by atoms with van der Waals surface area (Å²) in [5.41, 5.74) is 2.62. The van der Waals surface area contributed by atoms with E-state index in [-0.39, 0.29) is 24.3 Å². The molecule has 0 aromatic rings. The van der Waals surface area contributed by atoms with E-state index >= 15 is 0 Å². The minimum absolute atomic E-state index is 0.174. The molecule has 1 aliphatic carbocycles. The first-order valence-electron chi connectivity index (χ1n) is 6.44. The van der Waals surface area contributed by atoms with Crippen LogP contribution in [0, 0.1) is 17.8 Å². The van der Waals surface area contributed by atoms with E-state index in [2.05, 4.69) is 5.43 Å². The van der Waals surface area contributed by atoms with Gasteiger partial charge in [-0.15, -0.1) is 0 Å². The highest BCUT2D eigenvalue weighted by atomic mass is 19.4. The average Bonchev–Trinajstić information content (AvgIpc) is 2.29. The Bertz CT molecular complexity index is 230. The number of nitrogens with one attached hydrogen (secondary N) is 1. The molecule has 0 bridgehead atoms. The van der Waals surface area contributed by atoms with Gasteiger partial charge in [-0.25, -0.2) is 0 Å². The predicted octanol–water partition coefficient (Wildman–Crippen LogP) is 3.23. The predicted molar refractivity (Wildman–Crippen MR) is 62.1 cm³/mol. The number of hydrogen-bond acceptors (Lipinski definition) is 2. The number of alkyl halides is 3. The topological polar surface area (TPSA) is 38.0 Å². The third-order valence-electron chi connectivity index (χ3n) is 4.15. The molecule has 2 nitrogen and oxygen atoms in total. The molecule has 0 aliphatic heterocycles. The van der Waals surface area contributed by atoms with Crippen molar-refractivity contribution < 1.29 is 13.2 Å². The van der Waals surface area contributed by atoms with Crippen molar-refractivity contribution >= 4 is 0 Å². The van der Waals surface area contributed by atoms with Crippen molar-refractivity contribution in [1.29, 1.82) is 0 Å². The van der Waals surface area contributed by atoms with Crippen molar-refractivity contribution in [3.63, 3.8) is 0 Å². The van der Waals surface area contributed by atoms with Crippen LogP contribution in [0.25, 0.3) is 0 Å². The summed E-state index contributed by atoms with van der Waals surface area (Å²) in [5.74, 6) is 4.08. The van der Waals surface area contributed by atoms with Crippen LogP contribution in [-0.2, 0) is 0 Å². The smallest absolute Gasteiger partial charge is 0.271 e. The summed E-state index contributed by atoms with van der Waals surface area (Å²) in [4.78, 5) is 0. The molecule has 4 unspecified atom stereocenters. The molecule has 1 aliphatic rings. The Labute approximate surface area is 101 Å². The number of rotatable bonds is 4. The van der Waals surface area contributed by atoms with Gasteiger partial charge in [0.05, 0.1) is 5.92 Å². The van der Waals surface area contributed by atoms with Crippen LogP contribution in [0.5, 0.6) is 0 Å². The van der Waals surface area contributed by atoms with Gasteiger partial charge in [0, 0.05) is 6.04 Å². The van der Waals surface area contributed by atoms with Crippen LogP contribution in [0.1, 0.15) is 46.0 Å². The Morgan fingerprint density at radius 3 is 2.35 bits per heavy atom. The van der Waals surface area contributed by atoms with Crippen LogP contribution in [0.3, 0.4) is 0 Å². The van der Waals surface area contributed by atoms with Gasteiger partial charge < -0.3 is 0 Å². The van der Waals surface area contributed by atoms with Crippen LogP contribution in [-0.4, -0.2) is 12.2 Å². The first-order chi connectivity index (χ1) is 7.91. The second-order valence-corrected chi connectivity index (χ2v) is 5.17. The molecule has 102 valence electrons. The lowest BCUT2D eigenvalue weighted by Gasteiger charge is -2.40. The average molecular weight is 252 g/mol. The molecule has 1 saturated carbocycles. The zero-order valence-corrected chi connectivity index (χ0v) is 10.6. The Balaban J connectivity index is 2.82. The number of halogens is 3. The third kappa shape index (κ3) is 3.58. The standard InChI is InChI=1S/C12H23F3N2/c1-3-8(2)11(17-16)9-6-4-5-7-10(9)12(13,14)15/h8-11,17H,3-7,16H2,1-2H3. The normalized spacial score (nSPS) is 30.0. The Hall–Kier alpha value is -0.290. The van der Waals surface area contributed by atoms with Gasteiger partial charge in [0.2, 0.25) is 0 Å². The molecule has 0 heterocycles. The summed E-state index contributed by atoms with van der Waals surface area (Å²) in [6.07, 6.45) is -0.805. The van der Waals surface area contributed by atoms with Crippen molar-refractivity contribution in [2.75, 3.05) is 0 Å². The fourth-order valence-electron chi connectivity index (χ4n) is 2.96. The van der Waals surface area contributed by atoms with E-state index < -0.39 is 12.1 Å². The maximum absolute atomic E-state index is 13.0. The molecule has 0 aromatic heterocycles. The fourth-order valence-corrected chi connectivity index (χ4v) is 2.96. The molecule has 0 spiro atoms. The summed E-state index contributed by atoms with van der Waals surface area (Å²) in [5, 5.41) is 0. The molecule has 0 amide bonds. The summed E-state index contributed by atoms with van der Waals surface area (Å²) >= 11 is 0. The minimum Gasteiger partial charge on any atom is -0.271 e. The molecule has 17 heavy (non-hydrogen) atoms. The first-order valence-corrected chi connectivity index (χ1v) is 6.44. The molecular weight excluding hydrogens is 229 g/mol. The molecule has 0 radical (unpaired) electrons. The lowest BCUT2D eigenvalue weighted by atomic mass is 9.71. The molecule has 1 rings (SSSR count). The zero-order valence-electron chi connectivity index (χ0n) is 10.6. The summed E-state index contributed by atoms with van der Waals surface area (Å²) in [6, 6.07) is -0.230. The number of hydrogen-bond donors (Lipinski definition) is 2. The number of nitrogens with two attached hydrogens (primary N) is 1. The molecule has 0 saturated heterocycles. The van der Waals surface area contributed by atoms with Crippen molar-refractivity contribution in [2.45, 2.75) is 58.2 Å². The molecule has 1 fully saturated rings. The van der Waals surface area contributed by atoms with Gasteiger partial charge in [-0.05, 0) is 24.7 Å². The van der Waals surface area contributed by atoms with E-state index in [0.29, 0.717) is 12.8 Å². The van der Waals surface area contributed by atoms with E-state index in [1.165, 1.54) is 0 Å². The van der Waals surface area contributed by atoms with E-state index in [1.54, 1.807) is 0 Å². The van der Waals surface area contributed by atoms with Crippen LogP contribution < -0.4 is 11.3 Å². The van der Waals surface area contributed by atoms with Crippen molar-refractivity contribution in [2.24, 2.45) is 23.6 Å². The van der Waals surface area contributed by atoms with Crippen molar-refractivity contribution in [3.8, 4) is 0 Å². The summed E-state index contributed by atoms with van der Waals surface area (Å²) in [7, 11) is 0. The Kier molecular flexibility index (Phi) is 5.25. The van der Waals surface area contributed by atoms with Crippen molar-refractivity contribution in [1.82, 2.24) is 5.43 Å². The Morgan fingerprint density at radius 2 is 1.88 bits per heavy atom. The lowest BCUT2D eigenvalue weighted by molar-refractivity contribution is -0.200. The largest absolute Gasteiger partial charge is 0.392 e. The zero-order chi connectivity index (χ0) is 13.1. The van der Waals surface area contributed by atoms with Gasteiger partial charge in [0.15, 0.2) is 0 Å². The van der Waals surface area contributed by atoms with E-state index in [9.17, 15) is 13.2 Å². The van der Waals surface area contributed by atoms with Gasteiger partial charge in [0.1, 0.15) is 0 Å². The minimum atomic E-state index is -4.09. The summed E-state index contributed by atoms with van der Waals surface area (Å²) < 4.78 is 39.0. The highest BCUT2D eigenvalue weighted by molar-refractivity contribution is 4.89. The van der Waals surface area contributed by atoms with Gasteiger partial charge in [-0.3, -0.25) is 11.3 Å².